The molecule has 4 rings (SSSR count). The molecule has 1 aliphatic heterocycles. The van der Waals surface area contributed by atoms with Crippen molar-refractivity contribution in [2.75, 3.05) is 22.7 Å². The Morgan fingerprint density at radius 2 is 2.03 bits per heavy atom. The summed E-state index contributed by atoms with van der Waals surface area (Å²) < 4.78 is 40.5. The molecule has 2 N–H and O–H groups in total. The summed E-state index contributed by atoms with van der Waals surface area (Å²) in [6, 6.07) is 11.1. The van der Waals surface area contributed by atoms with Crippen molar-refractivity contribution in [1.29, 1.82) is 0 Å². The summed E-state index contributed by atoms with van der Waals surface area (Å²) in [5.74, 6) is -0.865. The number of anilines is 2. The Hall–Kier alpha value is -2.98. The monoisotopic (exact) mass is 460 g/mol. The van der Waals surface area contributed by atoms with E-state index in [9.17, 15) is 17.6 Å². The summed E-state index contributed by atoms with van der Waals surface area (Å²) in [5, 5.41) is 5.85. The molecule has 2 heterocycles. The highest BCUT2D eigenvalue weighted by molar-refractivity contribution is 7.92. The minimum atomic E-state index is -3.92. The smallest absolute Gasteiger partial charge is 0.261 e. The standard InChI is InChI=1S/C21H21FN4O3S2/c22-16-3-1-5-19(13-16)31(28,29)25-17-8-6-15(7-9-17)20(27)24-14-18-4-2-11-26(18)21-23-10-12-30-21/h1,3,5-10,12-13,18,25H,2,4,11,14H2,(H,24,27). The minimum Gasteiger partial charge on any atom is -0.350 e. The van der Waals surface area contributed by atoms with E-state index in [4.69, 9.17) is 0 Å². The number of hydrogen-bond donors (Lipinski definition) is 2. The molecular weight excluding hydrogens is 439 g/mol. The van der Waals surface area contributed by atoms with E-state index < -0.39 is 15.8 Å². The average Bonchev–Trinajstić information content (AvgIpc) is 3.44. The second-order valence-electron chi connectivity index (χ2n) is 7.15. The van der Waals surface area contributed by atoms with Crippen LogP contribution in [0.15, 0.2) is 65.0 Å². The number of thiazole rings is 1. The highest BCUT2D eigenvalue weighted by Crippen LogP contribution is 2.26. The highest BCUT2D eigenvalue weighted by atomic mass is 32.2. The molecule has 31 heavy (non-hydrogen) atoms. The van der Waals surface area contributed by atoms with E-state index in [0.29, 0.717) is 12.1 Å². The fourth-order valence-electron chi connectivity index (χ4n) is 3.51. The lowest BCUT2D eigenvalue weighted by Gasteiger charge is -2.24. The largest absolute Gasteiger partial charge is 0.350 e. The van der Waals surface area contributed by atoms with Gasteiger partial charge >= 0.3 is 0 Å². The topological polar surface area (TPSA) is 91.4 Å². The molecule has 162 valence electrons. The van der Waals surface area contributed by atoms with Crippen LogP contribution in [0.2, 0.25) is 0 Å². The molecule has 1 aromatic heterocycles. The van der Waals surface area contributed by atoms with Gasteiger partial charge in [0, 0.05) is 42.0 Å². The molecule has 0 radical (unpaired) electrons. The summed E-state index contributed by atoms with van der Waals surface area (Å²) in [7, 11) is -3.92. The summed E-state index contributed by atoms with van der Waals surface area (Å²) in [4.78, 5) is 18.9. The zero-order valence-electron chi connectivity index (χ0n) is 16.5. The van der Waals surface area contributed by atoms with E-state index in [-0.39, 0.29) is 22.5 Å². The van der Waals surface area contributed by atoms with Gasteiger partial charge in [-0.2, -0.15) is 0 Å². The number of rotatable bonds is 7. The van der Waals surface area contributed by atoms with Gasteiger partial charge in [-0.05, 0) is 55.3 Å². The Morgan fingerprint density at radius 1 is 1.23 bits per heavy atom. The first-order chi connectivity index (χ1) is 14.9. The van der Waals surface area contributed by atoms with Gasteiger partial charge in [0.2, 0.25) is 0 Å². The lowest BCUT2D eigenvalue weighted by Crippen LogP contribution is -2.40. The van der Waals surface area contributed by atoms with Crippen molar-refractivity contribution in [3.8, 4) is 0 Å². The van der Waals surface area contributed by atoms with Crippen LogP contribution in [-0.4, -0.2) is 38.4 Å². The number of carbonyl (C=O) groups is 1. The number of benzene rings is 2. The first-order valence-electron chi connectivity index (χ1n) is 9.75. The van der Waals surface area contributed by atoms with Gasteiger partial charge in [-0.25, -0.2) is 17.8 Å². The van der Waals surface area contributed by atoms with Gasteiger partial charge in [-0.15, -0.1) is 11.3 Å². The van der Waals surface area contributed by atoms with Gasteiger partial charge in [0.05, 0.1) is 4.90 Å². The molecule has 7 nitrogen and oxygen atoms in total. The molecule has 0 saturated carbocycles. The number of aromatic nitrogens is 1. The van der Waals surface area contributed by atoms with Gasteiger partial charge in [0.1, 0.15) is 5.82 Å². The maximum absolute atomic E-state index is 13.3. The van der Waals surface area contributed by atoms with Gasteiger partial charge in [0.25, 0.3) is 15.9 Å². The molecule has 1 atom stereocenters. The molecule has 0 spiro atoms. The Morgan fingerprint density at radius 3 is 2.74 bits per heavy atom. The van der Waals surface area contributed by atoms with E-state index in [1.807, 2.05) is 5.38 Å². The summed E-state index contributed by atoms with van der Waals surface area (Å²) >= 11 is 1.58. The molecule has 0 aliphatic carbocycles. The van der Waals surface area contributed by atoms with E-state index >= 15 is 0 Å². The Bertz CT molecular complexity index is 1150. The third kappa shape index (κ3) is 5.02. The first-order valence-corrected chi connectivity index (χ1v) is 12.1. The van der Waals surface area contributed by atoms with E-state index in [1.165, 1.54) is 30.3 Å². The molecule has 2 aromatic carbocycles. The number of carbonyl (C=O) groups excluding carboxylic acids is 1. The highest BCUT2D eigenvalue weighted by Gasteiger charge is 2.26. The van der Waals surface area contributed by atoms with E-state index in [2.05, 4.69) is 19.9 Å². The van der Waals surface area contributed by atoms with Crippen molar-refractivity contribution in [3.05, 3.63) is 71.5 Å². The Labute approximate surface area is 184 Å². The number of nitrogens with zero attached hydrogens (tertiary/aromatic N) is 2. The molecule has 1 aliphatic rings. The number of amides is 1. The first kappa shape index (κ1) is 21.3. The van der Waals surface area contributed by atoms with Crippen molar-refractivity contribution in [1.82, 2.24) is 10.3 Å². The van der Waals surface area contributed by atoms with Crippen molar-refractivity contribution in [3.63, 3.8) is 0 Å². The molecule has 1 amide bonds. The zero-order valence-corrected chi connectivity index (χ0v) is 18.1. The summed E-state index contributed by atoms with van der Waals surface area (Å²) in [6.45, 7) is 1.43. The molecule has 1 saturated heterocycles. The van der Waals surface area contributed by atoms with Crippen LogP contribution in [0.25, 0.3) is 0 Å². The predicted molar refractivity (Wildman–Crippen MR) is 118 cm³/mol. The van der Waals surface area contributed by atoms with Gasteiger partial charge in [-0.3, -0.25) is 9.52 Å². The number of sulfonamides is 1. The Kier molecular flexibility index (Phi) is 6.19. The van der Waals surface area contributed by atoms with Gasteiger partial charge in [-0.1, -0.05) is 6.07 Å². The number of nitrogens with one attached hydrogen (secondary N) is 2. The van der Waals surface area contributed by atoms with Crippen LogP contribution in [0.5, 0.6) is 0 Å². The maximum Gasteiger partial charge on any atom is 0.261 e. The molecule has 0 bridgehead atoms. The predicted octanol–water partition coefficient (Wildman–Crippen LogP) is 3.48. The van der Waals surface area contributed by atoms with E-state index in [1.54, 1.807) is 29.7 Å². The minimum absolute atomic E-state index is 0.171. The van der Waals surface area contributed by atoms with Crippen LogP contribution in [0.3, 0.4) is 0 Å². The van der Waals surface area contributed by atoms with Gasteiger partial charge < -0.3 is 10.2 Å². The van der Waals surface area contributed by atoms with Crippen LogP contribution >= 0.6 is 11.3 Å². The van der Waals surface area contributed by atoms with Crippen molar-refractivity contribution in [2.24, 2.45) is 0 Å². The maximum atomic E-state index is 13.3. The fourth-order valence-corrected chi connectivity index (χ4v) is 5.34. The van der Waals surface area contributed by atoms with Gasteiger partial charge in [0.15, 0.2) is 5.13 Å². The van der Waals surface area contributed by atoms with Crippen LogP contribution < -0.4 is 14.9 Å². The third-order valence-electron chi connectivity index (χ3n) is 5.05. The molecule has 3 aromatic rings. The van der Waals surface area contributed by atoms with Crippen molar-refractivity contribution >= 4 is 38.1 Å². The van der Waals surface area contributed by atoms with Crippen molar-refractivity contribution < 1.29 is 17.6 Å². The lowest BCUT2D eigenvalue weighted by atomic mass is 10.2. The summed E-state index contributed by atoms with van der Waals surface area (Å²) in [5.41, 5.74) is 0.707. The van der Waals surface area contributed by atoms with Crippen LogP contribution in [0.1, 0.15) is 23.2 Å². The SMILES string of the molecule is O=C(NCC1CCCN1c1nccs1)c1ccc(NS(=O)(=O)c2cccc(F)c2)cc1. The molecular formula is C21H21FN4O3S2. The van der Waals surface area contributed by atoms with Crippen LogP contribution in [0, 0.1) is 5.82 Å². The zero-order chi connectivity index (χ0) is 21.8. The fraction of sp³-hybridized carbons (Fsp3) is 0.238. The Balaban J connectivity index is 1.36. The van der Waals surface area contributed by atoms with Crippen LogP contribution in [-0.2, 0) is 10.0 Å². The van der Waals surface area contributed by atoms with Crippen LogP contribution in [0.4, 0.5) is 15.2 Å². The van der Waals surface area contributed by atoms with E-state index in [0.717, 1.165) is 30.6 Å². The molecule has 1 unspecified atom stereocenters. The average molecular weight is 461 g/mol. The second-order valence-corrected chi connectivity index (χ2v) is 9.71. The third-order valence-corrected chi connectivity index (χ3v) is 7.23. The number of hydrogen-bond acceptors (Lipinski definition) is 6. The lowest BCUT2D eigenvalue weighted by molar-refractivity contribution is 0.0951. The normalized spacial score (nSPS) is 16.3. The molecule has 10 heteroatoms. The quantitative estimate of drug-likeness (QED) is 0.563. The summed E-state index contributed by atoms with van der Waals surface area (Å²) in [6.07, 6.45) is 3.82. The molecule has 1 fully saturated rings. The van der Waals surface area contributed by atoms with Crippen molar-refractivity contribution in [2.45, 2.75) is 23.8 Å². The number of halogens is 1. The second kappa shape index (κ2) is 9.03.